The van der Waals surface area contributed by atoms with Crippen molar-refractivity contribution < 1.29 is 17.9 Å². The number of fused-ring (bicyclic) bond motifs is 1. The lowest BCUT2D eigenvalue weighted by molar-refractivity contribution is -0.138. The zero-order valence-corrected chi connectivity index (χ0v) is 18.4. The number of hydrogen-bond acceptors (Lipinski definition) is 5. The minimum atomic E-state index is -4.42. The maximum atomic E-state index is 13.4. The molecule has 4 rings (SSSR count). The summed E-state index contributed by atoms with van der Waals surface area (Å²) in [5.74, 6) is 0.925. The van der Waals surface area contributed by atoms with E-state index in [4.69, 9.17) is 4.74 Å². The van der Waals surface area contributed by atoms with E-state index in [9.17, 15) is 18.0 Å². The highest BCUT2D eigenvalue weighted by atomic mass is 19.4. The molecule has 3 heterocycles. The van der Waals surface area contributed by atoms with Gasteiger partial charge in [-0.05, 0) is 51.3 Å². The van der Waals surface area contributed by atoms with Crippen LogP contribution in [-0.2, 0) is 16.5 Å². The Kier molecular flexibility index (Phi) is 5.48. The lowest BCUT2D eigenvalue weighted by atomic mass is 9.97. The van der Waals surface area contributed by atoms with Crippen LogP contribution >= 0.6 is 0 Å². The third-order valence-corrected chi connectivity index (χ3v) is 6.12. The van der Waals surface area contributed by atoms with Crippen LogP contribution < -0.4 is 10.9 Å². The van der Waals surface area contributed by atoms with Crippen molar-refractivity contribution in [2.24, 2.45) is 0 Å². The summed E-state index contributed by atoms with van der Waals surface area (Å²) in [6.07, 6.45) is -2.00. The minimum absolute atomic E-state index is 0.169. The SMILES string of the molecule is Cc1nc(N[C@@H](C)c2cccc(C(F)(F)F)c2C)c2cn(C3(C)CCOC3)c(=O)cc2n1. The minimum Gasteiger partial charge on any atom is -0.379 e. The average Bonchev–Trinajstić information content (AvgIpc) is 3.13. The molecule has 2 atom stereocenters. The normalized spacial score (nSPS) is 20.0. The van der Waals surface area contributed by atoms with E-state index < -0.39 is 23.3 Å². The molecule has 0 amide bonds. The van der Waals surface area contributed by atoms with E-state index in [-0.39, 0.29) is 11.1 Å². The molecule has 0 spiro atoms. The van der Waals surface area contributed by atoms with Crippen LogP contribution in [-0.4, -0.2) is 27.7 Å². The summed E-state index contributed by atoms with van der Waals surface area (Å²) in [7, 11) is 0. The van der Waals surface area contributed by atoms with Gasteiger partial charge >= 0.3 is 6.18 Å². The smallest absolute Gasteiger partial charge is 0.379 e. The van der Waals surface area contributed by atoms with Crippen LogP contribution in [0.2, 0.25) is 0 Å². The average molecular weight is 446 g/mol. The van der Waals surface area contributed by atoms with Crippen molar-refractivity contribution >= 4 is 16.7 Å². The van der Waals surface area contributed by atoms with Gasteiger partial charge in [-0.15, -0.1) is 0 Å². The van der Waals surface area contributed by atoms with Crippen LogP contribution in [0.4, 0.5) is 19.0 Å². The van der Waals surface area contributed by atoms with Crippen molar-refractivity contribution in [1.29, 1.82) is 0 Å². The molecule has 1 saturated heterocycles. The van der Waals surface area contributed by atoms with Crippen molar-refractivity contribution in [2.75, 3.05) is 18.5 Å². The Labute approximate surface area is 183 Å². The number of ether oxygens (including phenoxy) is 1. The molecule has 2 aromatic heterocycles. The molecule has 1 aromatic carbocycles. The van der Waals surface area contributed by atoms with Gasteiger partial charge in [0.2, 0.25) is 0 Å². The van der Waals surface area contributed by atoms with Gasteiger partial charge in [-0.3, -0.25) is 4.79 Å². The monoisotopic (exact) mass is 446 g/mol. The molecule has 0 radical (unpaired) electrons. The summed E-state index contributed by atoms with van der Waals surface area (Å²) < 4.78 is 47.2. The highest BCUT2D eigenvalue weighted by molar-refractivity contribution is 5.88. The molecule has 170 valence electrons. The lowest BCUT2D eigenvalue weighted by Gasteiger charge is -2.26. The molecule has 0 saturated carbocycles. The Morgan fingerprint density at radius 1 is 1.25 bits per heavy atom. The second-order valence-corrected chi connectivity index (χ2v) is 8.58. The van der Waals surface area contributed by atoms with Crippen LogP contribution in [0.25, 0.3) is 10.9 Å². The zero-order chi connectivity index (χ0) is 23.3. The van der Waals surface area contributed by atoms with Crippen molar-refractivity contribution in [2.45, 2.75) is 51.9 Å². The number of aryl methyl sites for hydroxylation is 1. The van der Waals surface area contributed by atoms with Gasteiger partial charge < -0.3 is 14.6 Å². The van der Waals surface area contributed by atoms with Gasteiger partial charge in [0.25, 0.3) is 5.56 Å². The first-order valence-electron chi connectivity index (χ1n) is 10.4. The van der Waals surface area contributed by atoms with Crippen LogP contribution in [0.3, 0.4) is 0 Å². The van der Waals surface area contributed by atoms with Gasteiger partial charge in [0.15, 0.2) is 0 Å². The van der Waals surface area contributed by atoms with Gasteiger partial charge in [-0.2, -0.15) is 13.2 Å². The Bertz CT molecular complexity index is 1230. The summed E-state index contributed by atoms with van der Waals surface area (Å²) in [6, 6.07) is 5.18. The van der Waals surface area contributed by atoms with E-state index >= 15 is 0 Å². The predicted octanol–water partition coefficient (Wildman–Crippen LogP) is 4.74. The molecule has 1 N–H and O–H groups in total. The van der Waals surface area contributed by atoms with Crippen molar-refractivity contribution in [3.63, 3.8) is 0 Å². The second-order valence-electron chi connectivity index (χ2n) is 8.58. The standard InChI is InChI=1S/C23H25F3N4O2/c1-13-16(6-5-7-18(13)23(24,25)26)14(2)27-21-17-11-30(22(4)8-9-32-12-22)20(31)10-19(17)28-15(3)29-21/h5-7,10-11,14H,8-9,12H2,1-4H3,(H,27,28,29)/t14-,22?/m0/s1. The summed E-state index contributed by atoms with van der Waals surface area (Å²) in [4.78, 5) is 21.7. The molecule has 3 aromatic rings. The maximum Gasteiger partial charge on any atom is 0.416 e. The number of hydrogen-bond donors (Lipinski definition) is 1. The Hall–Kier alpha value is -2.94. The molecule has 0 aliphatic carbocycles. The van der Waals surface area contributed by atoms with Crippen LogP contribution in [0.1, 0.15) is 48.8 Å². The van der Waals surface area contributed by atoms with E-state index in [0.29, 0.717) is 47.7 Å². The molecule has 1 unspecified atom stereocenters. The van der Waals surface area contributed by atoms with Gasteiger partial charge in [0.05, 0.1) is 34.7 Å². The number of halogens is 3. The fourth-order valence-electron chi connectivity index (χ4n) is 4.31. The van der Waals surface area contributed by atoms with Crippen LogP contribution in [0, 0.1) is 13.8 Å². The third-order valence-electron chi connectivity index (χ3n) is 6.12. The number of rotatable bonds is 4. The molecule has 32 heavy (non-hydrogen) atoms. The Balaban J connectivity index is 1.79. The van der Waals surface area contributed by atoms with E-state index in [1.54, 1.807) is 30.7 Å². The predicted molar refractivity (Wildman–Crippen MR) is 116 cm³/mol. The molecule has 6 nitrogen and oxygen atoms in total. The second kappa shape index (κ2) is 7.88. The molecular weight excluding hydrogens is 421 g/mol. The van der Waals surface area contributed by atoms with E-state index in [1.807, 2.05) is 6.92 Å². The van der Waals surface area contributed by atoms with Crippen LogP contribution in [0.5, 0.6) is 0 Å². The number of benzene rings is 1. The Morgan fingerprint density at radius 3 is 2.66 bits per heavy atom. The van der Waals surface area contributed by atoms with Gasteiger partial charge in [0.1, 0.15) is 11.6 Å². The van der Waals surface area contributed by atoms with E-state index in [2.05, 4.69) is 15.3 Å². The first-order chi connectivity index (χ1) is 15.0. The van der Waals surface area contributed by atoms with Gasteiger partial charge in [-0.25, -0.2) is 9.97 Å². The largest absolute Gasteiger partial charge is 0.416 e. The summed E-state index contributed by atoms with van der Waals surface area (Å²) in [5, 5.41) is 3.87. The van der Waals surface area contributed by atoms with Crippen molar-refractivity contribution in [1.82, 2.24) is 14.5 Å². The molecule has 1 fully saturated rings. The zero-order valence-electron chi connectivity index (χ0n) is 18.4. The first kappa shape index (κ1) is 22.3. The fraction of sp³-hybridized carbons (Fsp3) is 0.435. The van der Waals surface area contributed by atoms with Gasteiger partial charge in [-0.1, -0.05) is 12.1 Å². The quantitative estimate of drug-likeness (QED) is 0.627. The number of alkyl halides is 3. The highest BCUT2D eigenvalue weighted by Crippen LogP contribution is 2.35. The molecule has 1 aliphatic heterocycles. The van der Waals surface area contributed by atoms with Crippen molar-refractivity contribution in [3.05, 3.63) is 63.3 Å². The highest BCUT2D eigenvalue weighted by Gasteiger charge is 2.34. The third kappa shape index (κ3) is 3.97. The molecular formula is C23H25F3N4O2. The first-order valence-corrected chi connectivity index (χ1v) is 10.4. The number of anilines is 1. The van der Waals surface area contributed by atoms with E-state index in [0.717, 1.165) is 6.07 Å². The number of nitrogens with one attached hydrogen (secondary N) is 1. The fourth-order valence-corrected chi connectivity index (χ4v) is 4.31. The number of pyridine rings is 1. The Morgan fingerprint density at radius 2 is 2.00 bits per heavy atom. The summed E-state index contributed by atoms with van der Waals surface area (Å²) in [6.45, 7) is 7.93. The van der Waals surface area contributed by atoms with Crippen LogP contribution in [0.15, 0.2) is 35.3 Å². The summed E-state index contributed by atoms with van der Waals surface area (Å²) >= 11 is 0. The molecule has 9 heteroatoms. The van der Waals surface area contributed by atoms with Crippen molar-refractivity contribution in [3.8, 4) is 0 Å². The number of nitrogens with zero attached hydrogens (tertiary/aromatic N) is 3. The summed E-state index contributed by atoms with van der Waals surface area (Å²) in [5.41, 5.74) is -0.142. The molecule has 0 bridgehead atoms. The van der Waals surface area contributed by atoms with E-state index in [1.165, 1.54) is 19.1 Å². The lowest BCUT2D eigenvalue weighted by Crippen LogP contribution is -2.38. The topological polar surface area (TPSA) is 69.0 Å². The molecule has 1 aliphatic rings. The number of aromatic nitrogens is 3. The maximum absolute atomic E-state index is 13.4. The van der Waals surface area contributed by atoms with Gasteiger partial charge in [0, 0.05) is 18.9 Å².